The van der Waals surface area contributed by atoms with E-state index in [-0.39, 0.29) is 17.3 Å². The van der Waals surface area contributed by atoms with Gasteiger partial charge in [0.2, 0.25) is 11.8 Å². The lowest BCUT2D eigenvalue weighted by molar-refractivity contribution is -0.140. The topological polar surface area (TPSA) is 86.8 Å². The van der Waals surface area contributed by atoms with E-state index in [1.807, 2.05) is 51.1 Å². The van der Waals surface area contributed by atoms with Gasteiger partial charge in [0, 0.05) is 18.1 Å². The average Bonchev–Trinajstić information content (AvgIpc) is 2.88. The van der Waals surface area contributed by atoms with Crippen LogP contribution in [0.25, 0.3) is 0 Å². The van der Waals surface area contributed by atoms with E-state index in [2.05, 4.69) is 5.32 Å². The number of benzene rings is 3. The Morgan fingerprint density at radius 3 is 2.11 bits per heavy atom. The molecule has 0 aliphatic rings. The van der Waals surface area contributed by atoms with Crippen molar-refractivity contribution in [3.05, 3.63) is 95.0 Å². The standard InChI is InChI=1S/C28H32ClN3O4S/c1-4-26(28(34)30-5-2)31(19-22-9-7-6-8-10-22)27(33)20-32(24-15-13-23(29)14-16-24)37(35,36)25-17-11-21(3)12-18-25/h6-18,26H,4-5,19-20H2,1-3H3,(H,30,34)/t26-/m1/s1. The van der Waals surface area contributed by atoms with Gasteiger partial charge >= 0.3 is 0 Å². The summed E-state index contributed by atoms with van der Waals surface area (Å²) in [4.78, 5) is 28.3. The van der Waals surface area contributed by atoms with Gasteiger partial charge in [-0.1, -0.05) is 66.6 Å². The Balaban J connectivity index is 2.04. The zero-order valence-electron chi connectivity index (χ0n) is 21.2. The molecule has 0 aliphatic heterocycles. The number of nitrogens with one attached hydrogen (secondary N) is 1. The van der Waals surface area contributed by atoms with Crippen molar-refractivity contribution in [3.8, 4) is 0 Å². The summed E-state index contributed by atoms with van der Waals surface area (Å²) in [6.07, 6.45) is 0.371. The Hall–Kier alpha value is -3.36. The van der Waals surface area contributed by atoms with Gasteiger partial charge in [-0.05, 0) is 62.2 Å². The highest BCUT2D eigenvalue weighted by Gasteiger charge is 2.33. The van der Waals surface area contributed by atoms with Crippen LogP contribution in [-0.4, -0.2) is 44.3 Å². The van der Waals surface area contributed by atoms with Gasteiger partial charge in [-0.15, -0.1) is 0 Å². The van der Waals surface area contributed by atoms with Gasteiger partial charge in [0.05, 0.1) is 10.6 Å². The molecule has 0 aliphatic carbocycles. The molecule has 9 heteroatoms. The number of likely N-dealkylation sites (N-methyl/N-ethyl adjacent to an activating group) is 1. The largest absolute Gasteiger partial charge is 0.355 e. The van der Waals surface area contributed by atoms with Gasteiger partial charge in [0.15, 0.2) is 0 Å². The first-order chi connectivity index (χ1) is 17.7. The van der Waals surface area contributed by atoms with Crippen LogP contribution in [-0.2, 0) is 26.2 Å². The van der Waals surface area contributed by atoms with Crippen LogP contribution in [0.5, 0.6) is 0 Å². The third-order valence-electron chi connectivity index (χ3n) is 5.94. The molecule has 3 aromatic rings. The van der Waals surface area contributed by atoms with Gasteiger partial charge < -0.3 is 10.2 Å². The van der Waals surface area contributed by atoms with E-state index < -0.39 is 28.5 Å². The van der Waals surface area contributed by atoms with Crippen molar-refractivity contribution in [2.24, 2.45) is 0 Å². The molecule has 1 N–H and O–H groups in total. The minimum absolute atomic E-state index is 0.0613. The summed E-state index contributed by atoms with van der Waals surface area (Å²) in [5.74, 6) is -0.777. The first-order valence-corrected chi connectivity index (χ1v) is 13.9. The Morgan fingerprint density at radius 2 is 1.54 bits per heavy atom. The van der Waals surface area contributed by atoms with Gasteiger partial charge in [-0.3, -0.25) is 13.9 Å². The number of nitrogens with zero attached hydrogens (tertiary/aromatic N) is 2. The number of amides is 2. The smallest absolute Gasteiger partial charge is 0.264 e. The number of aryl methyl sites for hydroxylation is 1. The molecule has 7 nitrogen and oxygen atoms in total. The SMILES string of the molecule is CCNC(=O)[C@@H](CC)N(Cc1ccccc1)C(=O)CN(c1ccc(Cl)cc1)S(=O)(=O)c1ccc(C)cc1. The molecule has 0 heterocycles. The molecule has 196 valence electrons. The van der Waals surface area contributed by atoms with Crippen LogP contribution in [0.1, 0.15) is 31.4 Å². The second kappa shape index (κ2) is 12.7. The number of anilines is 1. The maximum absolute atomic E-state index is 13.9. The van der Waals surface area contributed by atoms with Crippen molar-refractivity contribution >= 4 is 39.1 Å². The third kappa shape index (κ3) is 7.11. The normalized spacial score (nSPS) is 12.0. The lowest BCUT2D eigenvalue weighted by atomic mass is 10.1. The summed E-state index contributed by atoms with van der Waals surface area (Å²) in [6.45, 7) is 5.59. The highest BCUT2D eigenvalue weighted by molar-refractivity contribution is 7.92. The number of sulfonamides is 1. The molecule has 0 fully saturated rings. The predicted octanol–water partition coefficient (Wildman–Crippen LogP) is 4.79. The lowest BCUT2D eigenvalue weighted by Crippen LogP contribution is -2.52. The molecule has 0 saturated carbocycles. The number of hydrogen-bond acceptors (Lipinski definition) is 4. The van der Waals surface area contributed by atoms with Crippen LogP contribution in [0.3, 0.4) is 0 Å². The summed E-state index contributed by atoms with van der Waals surface area (Å²) in [6, 6.07) is 21.3. The first kappa shape index (κ1) is 28.2. The molecule has 37 heavy (non-hydrogen) atoms. The molecule has 1 atom stereocenters. The molecule has 0 radical (unpaired) electrons. The molecule has 0 aromatic heterocycles. The highest BCUT2D eigenvalue weighted by atomic mass is 35.5. The van der Waals surface area contributed by atoms with Crippen molar-refractivity contribution in [2.75, 3.05) is 17.4 Å². The van der Waals surface area contributed by atoms with Gasteiger partial charge in [0.25, 0.3) is 10.0 Å². The zero-order valence-corrected chi connectivity index (χ0v) is 22.8. The molecular formula is C28H32ClN3O4S. The first-order valence-electron chi connectivity index (χ1n) is 12.1. The van der Waals surface area contributed by atoms with E-state index in [0.717, 1.165) is 15.4 Å². The fourth-order valence-electron chi connectivity index (χ4n) is 3.97. The van der Waals surface area contributed by atoms with Crippen molar-refractivity contribution in [1.29, 1.82) is 0 Å². The fourth-order valence-corrected chi connectivity index (χ4v) is 5.51. The monoisotopic (exact) mass is 541 g/mol. The van der Waals surface area contributed by atoms with Crippen molar-refractivity contribution in [2.45, 2.75) is 44.7 Å². The Bertz CT molecular complexity index is 1300. The summed E-state index contributed by atoms with van der Waals surface area (Å²) in [5.41, 5.74) is 2.04. The summed E-state index contributed by atoms with van der Waals surface area (Å²) in [5, 5.41) is 3.23. The molecule has 0 spiro atoms. The molecule has 0 bridgehead atoms. The van der Waals surface area contributed by atoms with E-state index in [9.17, 15) is 18.0 Å². The maximum Gasteiger partial charge on any atom is 0.264 e. The van der Waals surface area contributed by atoms with Gasteiger partial charge in [-0.25, -0.2) is 8.42 Å². The van der Waals surface area contributed by atoms with Crippen LogP contribution in [0.2, 0.25) is 5.02 Å². The number of hydrogen-bond donors (Lipinski definition) is 1. The minimum Gasteiger partial charge on any atom is -0.355 e. The van der Waals surface area contributed by atoms with Crippen molar-refractivity contribution in [1.82, 2.24) is 10.2 Å². The molecule has 2 amide bonds. The number of carbonyl (C=O) groups is 2. The van der Waals surface area contributed by atoms with Crippen molar-refractivity contribution in [3.63, 3.8) is 0 Å². The van der Waals surface area contributed by atoms with E-state index in [4.69, 9.17) is 11.6 Å². The van der Waals surface area contributed by atoms with Crippen molar-refractivity contribution < 1.29 is 18.0 Å². The number of rotatable bonds is 11. The van der Waals surface area contributed by atoms with Gasteiger partial charge in [-0.2, -0.15) is 0 Å². The lowest BCUT2D eigenvalue weighted by Gasteiger charge is -2.33. The maximum atomic E-state index is 13.9. The fraction of sp³-hybridized carbons (Fsp3) is 0.286. The summed E-state index contributed by atoms with van der Waals surface area (Å²) >= 11 is 6.05. The minimum atomic E-state index is -4.11. The van der Waals surface area contributed by atoms with Crippen LogP contribution in [0.15, 0.2) is 83.8 Å². The van der Waals surface area contributed by atoms with E-state index >= 15 is 0 Å². The summed E-state index contributed by atoms with van der Waals surface area (Å²) < 4.78 is 28.6. The Kier molecular flexibility index (Phi) is 9.72. The Morgan fingerprint density at radius 1 is 0.919 bits per heavy atom. The third-order valence-corrected chi connectivity index (χ3v) is 7.98. The second-order valence-electron chi connectivity index (χ2n) is 8.63. The zero-order chi connectivity index (χ0) is 27.0. The molecule has 3 aromatic carbocycles. The van der Waals surface area contributed by atoms with Crippen LogP contribution < -0.4 is 9.62 Å². The molecule has 0 unspecified atom stereocenters. The van der Waals surface area contributed by atoms with E-state index in [0.29, 0.717) is 23.7 Å². The van der Waals surface area contributed by atoms with Crippen LogP contribution >= 0.6 is 11.6 Å². The van der Waals surface area contributed by atoms with Crippen LogP contribution in [0.4, 0.5) is 5.69 Å². The van der Waals surface area contributed by atoms with Gasteiger partial charge in [0.1, 0.15) is 12.6 Å². The molecule has 3 rings (SSSR count). The van der Waals surface area contributed by atoms with Crippen LogP contribution in [0, 0.1) is 6.92 Å². The van der Waals surface area contributed by atoms with E-state index in [1.165, 1.54) is 17.0 Å². The average molecular weight is 542 g/mol. The summed E-state index contributed by atoms with van der Waals surface area (Å²) in [7, 11) is -4.11. The highest BCUT2D eigenvalue weighted by Crippen LogP contribution is 2.26. The quantitative estimate of drug-likeness (QED) is 0.378. The molecular weight excluding hydrogens is 510 g/mol. The van der Waals surface area contributed by atoms with E-state index in [1.54, 1.807) is 36.4 Å². The predicted molar refractivity (Wildman–Crippen MR) is 147 cm³/mol. The number of carbonyl (C=O) groups excluding carboxylic acids is 2. The second-order valence-corrected chi connectivity index (χ2v) is 10.9. The molecule has 0 saturated heterocycles. The number of halogens is 1. The Labute approximate surface area is 224 Å².